The van der Waals surface area contributed by atoms with E-state index in [1.165, 1.54) is 0 Å². The first-order valence-corrected chi connectivity index (χ1v) is 10.8. The lowest BCUT2D eigenvalue weighted by Crippen LogP contribution is -2.41. The molecule has 29 heavy (non-hydrogen) atoms. The van der Waals surface area contributed by atoms with E-state index in [1.54, 1.807) is 6.07 Å². The number of rotatable bonds is 3. The molecule has 0 saturated carbocycles. The monoisotopic (exact) mass is 427 g/mol. The van der Waals surface area contributed by atoms with Crippen LogP contribution in [0.3, 0.4) is 0 Å². The van der Waals surface area contributed by atoms with E-state index in [1.807, 2.05) is 36.1 Å². The fraction of sp³-hybridized carbons (Fsp3) is 0.333. The van der Waals surface area contributed by atoms with Crippen LogP contribution in [0.15, 0.2) is 47.7 Å². The Kier molecular flexibility index (Phi) is 5.54. The van der Waals surface area contributed by atoms with Gasteiger partial charge in [0, 0.05) is 30.0 Å². The molecule has 1 aliphatic carbocycles. The first-order chi connectivity index (χ1) is 13.9. The van der Waals surface area contributed by atoms with Crippen LogP contribution < -0.4 is 4.90 Å². The Labute approximate surface area is 181 Å². The van der Waals surface area contributed by atoms with E-state index in [-0.39, 0.29) is 24.0 Å². The van der Waals surface area contributed by atoms with Gasteiger partial charge in [-0.25, -0.2) is 0 Å². The summed E-state index contributed by atoms with van der Waals surface area (Å²) in [5.41, 5.74) is 5.41. The molecular weight excluding hydrogens is 405 g/mol. The van der Waals surface area contributed by atoms with Crippen molar-refractivity contribution in [2.75, 3.05) is 4.90 Å². The van der Waals surface area contributed by atoms with Crippen LogP contribution in [-0.4, -0.2) is 11.7 Å². The molecule has 1 atom stereocenters. The molecule has 0 fully saturated rings. The maximum absolute atomic E-state index is 13.5. The highest BCUT2D eigenvalue weighted by molar-refractivity contribution is 6.42. The molecule has 3 nitrogen and oxygen atoms in total. The van der Waals surface area contributed by atoms with E-state index in [9.17, 15) is 9.59 Å². The van der Waals surface area contributed by atoms with Crippen molar-refractivity contribution >= 4 is 40.6 Å². The average Bonchev–Trinajstić information content (AvgIpc) is 2.70. The highest BCUT2D eigenvalue weighted by Gasteiger charge is 2.41. The number of para-hydroxylation sites is 1. The number of carbonyl (C=O) groups excluding carboxylic acids is 2. The van der Waals surface area contributed by atoms with Gasteiger partial charge in [0.25, 0.3) is 0 Å². The van der Waals surface area contributed by atoms with Crippen molar-refractivity contribution < 1.29 is 9.59 Å². The number of carbonyl (C=O) groups is 2. The van der Waals surface area contributed by atoms with Gasteiger partial charge in [0.05, 0.1) is 15.7 Å². The molecule has 2 aliphatic rings. The molecule has 0 saturated heterocycles. The molecule has 1 aliphatic heterocycles. The van der Waals surface area contributed by atoms with Gasteiger partial charge in [-0.2, -0.15) is 0 Å². The number of benzene rings is 2. The van der Waals surface area contributed by atoms with Crippen LogP contribution in [0, 0.1) is 6.92 Å². The standard InChI is InChI=1S/C24H23Cl2NO2/c1-3-15-8-4-7-14(2)24(15)27-19-11-6-12-20(28)22(19)17(13-21(27)29)16-9-5-10-18(25)23(16)26/h4-5,7-10,17H,3,6,11-13H2,1-2H3. The van der Waals surface area contributed by atoms with E-state index in [0.29, 0.717) is 22.9 Å². The number of halogens is 2. The van der Waals surface area contributed by atoms with Gasteiger partial charge in [-0.3, -0.25) is 14.5 Å². The highest BCUT2D eigenvalue weighted by atomic mass is 35.5. The van der Waals surface area contributed by atoms with Crippen molar-refractivity contribution in [2.45, 2.75) is 51.9 Å². The molecule has 2 aromatic carbocycles. The van der Waals surface area contributed by atoms with Crippen LogP contribution in [0.1, 0.15) is 55.2 Å². The highest BCUT2D eigenvalue weighted by Crippen LogP contribution is 2.47. The second-order valence-electron chi connectivity index (χ2n) is 7.70. The summed E-state index contributed by atoms with van der Waals surface area (Å²) in [5, 5.41) is 0.868. The van der Waals surface area contributed by atoms with E-state index in [4.69, 9.17) is 23.2 Å². The molecule has 0 N–H and O–H groups in total. The summed E-state index contributed by atoms with van der Waals surface area (Å²) >= 11 is 12.7. The Balaban J connectivity index is 1.94. The molecule has 1 heterocycles. The summed E-state index contributed by atoms with van der Waals surface area (Å²) in [4.78, 5) is 28.3. The van der Waals surface area contributed by atoms with Crippen LogP contribution in [0.2, 0.25) is 10.0 Å². The molecule has 0 aromatic heterocycles. The minimum absolute atomic E-state index is 0.00323. The van der Waals surface area contributed by atoms with Gasteiger partial charge in [-0.15, -0.1) is 0 Å². The molecule has 0 spiro atoms. The minimum Gasteiger partial charge on any atom is -0.294 e. The lowest BCUT2D eigenvalue weighted by molar-refractivity contribution is -0.119. The molecule has 0 bridgehead atoms. The number of nitrogens with zero attached hydrogens (tertiary/aromatic N) is 1. The molecule has 0 radical (unpaired) electrons. The van der Waals surface area contributed by atoms with Crippen LogP contribution in [0.4, 0.5) is 5.69 Å². The van der Waals surface area contributed by atoms with Crippen molar-refractivity contribution in [3.63, 3.8) is 0 Å². The van der Waals surface area contributed by atoms with Gasteiger partial charge >= 0.3 is 0 Å². The number of ketones is 1. The quantitative estimate of drug-likeness (QED) is 0.568. The summed E-state index contributed by atoms with van der Waals surface area (Å²) in [5.74, 6) is -0.234. The van der Waals surface area contributed by atoms with Gasteiger partial charge < -0.3 is 0 Å². The maximum atomic E-state index is 13.5. The van der Waals surface area contributed by atoms with E-state index in [2.05, 4.69) is 13.0 Å². The van der Waals surface area contributed by atoms with Gasteiger partial charge in [0.15, 0.2) is 5.78 Å². The zero-order valence-corrected chi connectivity index (χ0v) is 18.1. The Bertz CT molecular complexity index is 1040. The molecule has 4 rings (SSSR count). The van der Waals surface area contributed by atoms with Gasteiger partial charge in [-0.05, 0) is 48.9 Å². The summed E-state index contributed by atoms with van der Waals surface area (Å²) in [7, 11) is 0. The Morgan fingerprint density at radius 2 is 1.83 bits per heavy atom. The number of Topliss-reactive ketones (excluding diaryl/α,β-unsaturated/α-hetero) is 1. The second kappa shape index (κ2) is 7.97. The summed E-state index contributed by atoms with van der Waals surface area (Å²) in [6, 6.07) is 11.5. The lowest BCUT2D eigenvalue weighted by atomic mass is 9.77. The lowest BCUT2D eigenvalue weighted by Gasteiger charge is -2.40. The van der Waals surface area contributed by atoms with Crippen LogP contribution in [0.5, 0.6) is 0 Å². The number of hydrogen-bond acceptors (Lipinski definition) is 2. The number of allylic oxidation sites excluding steroid dienone is 2. The van der Waals surface area contributed by atoms with E-state index in [0.717, 1.165) is 46.5 Å². The van der Waals surface area contributed by atoms with Crippen LogP contribution in [-0.2, 0) is 16.0 Å². The zero-order chi connectivity index (χ0) is 20.7. The van der Waals surface area contributed by atoms with Crippen molar-refractivity contribution in [3.8, 4) is 0 Å². The first-order valence-electron chi connectivity index (χ1n) is 10.1. The summed E-state index contributed by atoms with van der Waals surface area (Å²) < 4.78 is 0. The largest absolute Gasteiger partial charge is 0.294 e. The third-order valence-corrected chi connectivity index (χ3v) is 6.79. The molecule has 2 aromatic rings. The molecule has 150 valence electrons. The maximum Gasteiger partial charge on any atom is 0.232 e. The third kappa shape index (κ3) is 3.41. The van der Waals surface area contributed by atoms with Gasteiger partial charge in [0.1, 0.15) is 0 Å². The smallest absolute Gasteiger partial charge is 0.232 e. The fourth-order valence-electron chi connectivity index (χ4n) is 4.63. The van der Waals surface area contributed by atoms with Crippen molar-refractivity contribution in [3.05, 3.63) is 74.4 Å². The van der Waals surface area contributed by atoms with Crippen molar-refractivity contribution in [2.24, 2.45) is 0 Å². The number of aryl methyl sites for hydroxylation is 2. The summed E-state index contributed by atoms with van der Waals surface area (Å²) in [6.45, 7) is 4.11. The topological polar surface area (TPSA) is 37.4 Å². The normalized spacial score (nSPS) is 19.6. The SMILES string of the molecule is CCc1cccc(C)c1N1C(=O)CC(c2cccc(Cl)c2Cl)C2=C1CCCC2=O. The van der Waals surface area contributed by atoms with Crippen molar-refractivity contribution in [1.29, 1.82) is 0 Å². The number of anilines is 1. The molecular formula is C24H23Cl2NO2. The van der Waals surface area contributed by atoms with E-state index >= 15 is 0 Å². The third-order valence-electron chi connectivity index (χ3n) is 5.96. The first kappa shape index (κ1) is 20.2. The molecule has 1 unspecified atom stereocenters. The zero-order valence-electron chi connectivity index (χ0n) is 16.6. The van der Waals surface area contributed by atoms with Crippen LogP contribution in [0.25, 0.3) is 0 Å². The van der Waals surface area contributed by atoms with Crippen molar-refractivity contribution in [1.82, 2.24) is 0 Å². The number of hydrogen-bond donors (Lipinski definition) is 0. The minimum atomic E-state index is -0.346. The van der Waals surface area contributed by atoms with Gasteiger partial charge in [-0.1, -0.05) is 60.5 Å². The Morgan fingerprint density at radius 3 is 2.59 bits per heavy atom. The Hall–Kier alpha value is -2.10. The average molecular weight is 428 g/mol. The fourth-order valence-corrected chi connectivity index (χ4v) is 5.07. The second-order valence-corrected chi connectivity index (χ2v) is 8.49. The van der Waals surface area contributed by atoms with Gasteiger partial charge in [0.2, 0.25) is 5.91 Å². The summed E-state index contributed by atoms with van der Waals surface area (Å²) in [6.07, 6.45) is 3.00. The molecule has 5 heteroatoms. The van der Waals surface area contributed by atoms with Crippen LogP contribution >= 0.6 is 23.2 Å². The van der Waals surface area contributed by atoms with E-state index < -0.39 is 0 Å². The number of amides is 1. The molecule has 1 amide bonds. The Morgan fingerprint density at radius 1 is 1.07 bits per heavy atom. The predicted octanol–water partition coefficient (Wildman–Crippen LogP) is 6.39. The predicted molar refractivity (Wildman–Crippen MR) is 118 cm³/mol.